The van der Waals surface area contributed by atoms with E-state index in [1.54, 1.807) is 7.11 Å². The molecule has 0 spiro atoms. The van der Waals surface area contributed by atoms with Gasteiger partial charge in [0.05, 0.1) is 12.8 Å². The maximum absolute atomic E-state index is 10.6. The Hall–Kier alpha value is -2.33. The van der Waals surface area contributed by atoms with Gasteiger partial charge in [0, 0.05) is 35.2 Å². The van der Waals surface area contributed by atoms with E-state index in [1.807, 2.05) is 13.0 Å². The average Bonchev–Trinajstić information content (AvgIpc) is 3.00. The van der Waals surface area contributed by atoms with Crippen molar-refractivity contribution in [2.75, 3.05) is 25.1 Å². The average molecular weight is 387 g/mol. The predicted octanol–water partition coefficient (Wildman–Crippen LogP) is 5.58. The van der Waals surface area contributed by atoms with Crippen molar-refractivity contribution >= 4 is 29.0 Å². The molecule has 0 atom stereocenters. The summed E-state index contributed by atoms with van der Waals surface area (Å²) in [4.78, 5) is 5.87. The number of piperidine rings is 1. The summed E-state index contributed by atoms with van der Waals surface area (Å²) in [5, 5.41) is 11.8. The number of aryl methyl sites for hydroxylation is 2. The molecule has 2 aromatic carbocycles. The number of anilines is 1. The van der Waals surface area contributed by atoms with Crippen LogP contribution in [0.1, 0.15) is 30.4 Å². The van der Waals surface area contributed by atoms with Crippen LogP contribution in [0.25, 0.3) is 22.2 Å². The summed E-state index contributed by atoms with van der Waals surface area (Å²) in [5.41, 5.74) is 6.40. The Morgan fingerprint density at radius 3 is 2.48 bits per heavy atom. The third-order valence-electron chi connectivity index (χ3n) is 5.53. The van der Waals surface area contributed by atoms with Crippen molar-refractivity contribution < 1.29 is 9.84 Å². The minimum atomic E-state index is 0. The van der Waals surface area contributed by atoms with E-state index in [-0.39, 0.29) is 12.4 Å². The first-order valence-corrected chi connectivity index (χ1v) is 9.33. The molecule has 0 unspecified atom stereocenters. The maximum Gasteiger partial charge on any atom is 0.141 e. The van der Waals surface area contributed by atoms with E-state index in [2.05, 4.69) is 41.1 Å². The zero-order valence-corrected chi connectivity index (χ0v) is 16.9. The van der Waals surface area contributed by atoms with Gasteiger partial charge in [-0.05, 0) is 74.6 Å². The summed E-state index contributed by atoms with van der Waals surface area (Å²) < 4.78 is 5.37. The highest BCUT2D eigenvalue weighted by molar-refractivity contribution is 5.92. The molecule has 1 aliphatic rings. The van der Waals surface area contributed by atoms with Gasteiger partial charge in [-0.3, -0.25) is 0 Å². The fourth-order valence-corrected chi connectivity index (χ4v) is 4.00. The molecule has 2 N–H and O–H groups in total. The first kappa shape index (κ1) is 19.4. The van der Waals surface area contributed by atoms with Crippen molar-refractivity contribution in [1.82, 2.24) is 4.98 Å². The maximum atomic E-state index is 10.6. The second kappa shape index (κ2) is 7.73. The van der Waals surface area contributed by atoms with Gasteiger partial charge in [-0.1, -0.05) is 0 Å². The number of benzene rings is 2. The molecule has 0 radical (unpaired) electrons. The number of nitrogens with one attached hydrogen (secondary N) is 1. The van der Waals surface area contributed by atoms with Crippen LogP contribution >= 0.6 is 12.4 Å². The first-order valence-electron chi connectivity index (χ1n) is 9.33. The van der Waals surface area contributed by atoms with Crippen LogP contribution in [0.4, 0.5) is 5.69 Å². The largest absolute Gasteiger partial charge is 0.505 e. The lowest BCUT2D eigenvalue weighted by Gasteiger charge is -2.30. The van der Waals surface area contributed by atoms with Gasteiger partial charge >= 0.3 is 0 Å². The Balaban J connectivity index is 0.00000210. The summed E-state index contributed by atoms with van der Waals surface area (Å²) in [6, 6.07) is 10.3. The highest BCUT2D eigenvalue weighted by Gasteiger charge is 2.19. The molecule has 1 aromatic heterocycles. The number of rotatable bonds is 3. The summed E-state index contributed by atoms with van der Waals surface area (Å²) in [5.74, 6) is 1.27. The Bertz CT molecular complexity index is 959. The van der Waals surface area contributed by atoms with Gasteiger partial charge in [0.2, 0.25) is 0 Å². The number of hydrogen-bond acceptors (Lipinski definition) is 3. The van der Waals surface area contributed by atoms with Crippen molar-refractivity contribution in [2.24, 2.45) is 0 Å². The summed E-state index contributed by atoms with van der Waals surface area (Å²) in [6.07, 6.45) is 3.65. The Morgan fingerprint density at radius 2 is 1.78 bits per heavy atom. The van der Waals surface area contributed by atoms with Crippen LogP contribution in [0.3, 0.4) is 0 Å². The first-order chi connectivity index (χ1) is 12.6. The second-order valence-corrected chi connectivity index (χ2v) is 7.25. The molecule has 27 heavy (non-hydrogen) atoms. The molecule has 1 fully saturated rings. The molecule has 2 heterocycles. The molecule has 3 aromatic rings. The minimum absolute atomic E-state index is 0. The molecule has 1 saturated heterocycles. The van der Waals surface area contributed by atoms with Crippen LogP contribution in [0, 0.1) is 13.8 Å². The summed E-state index contributed by atoms with van der Waals surface area (Å²) in [6.45, 7) is 6.14. The van der Waals surface area contributed by atoms with Crippen LogP contribution < -0.4 is 9.64 Å². The highest BCUT2D eigenvalue weighted by Crippen LogP contribution is 2.39. The number of aromatic amines is 1. The van der Waals surface area contributed by atoms with Crippen LogP contribution in [-0.2, 0) is 0 Å². The molecule has 1 aliphatic heterocycles. The van der Waals surface area contributed by atoms with Crippen molar-refractivity contribution in [3.8, 4) is 22.8 Å². The van der Waals surface area contributed by atoms with Crippen molar-refractivity contribution in [1.29, 1.82) is 0 Å². The van der Waals surface area contributed by atoms with Gasteiger partial charge in [-0.2, -0.15) is 0 Å². The van der Waals surface area contributed by atoms with E-state index in [0.717, 1.165) is 46.9 Å². The number of ether oxygens (including phenoxy) is 1. The molecule has 144 valence electrons. The highest BCUT2D eigenvalue weighted by atomic mass is 35.5. The molecule has 4 nitrogen and oxygen atoms in total. The van der Waals surface area contributed by atoms with Gasteiger partial charge in [0.25, 0.3) is 0 Å². The number of H-pyrrole nitrogens is 1. The molecular formula is C22H27ClN2O2. The Morgan fingerprint density at radius 1 is 1.04 bits per heavy atom. The van der Waals surface area contributed by atoms with Gasteiger partial charge in [0.1, 0.15) is 11.5 Å². The minimum Gasteiger partial charge on any atom is -0.505 e. The number of phenolic OH excluding ortho intramolecular Hbond substituents is 1. The van der Waals surface area contributed by atoms with Gasteiger partial charge in [-0.25, -0.2) is 0 Å². The monoisotopic (exact) mass is 386 g/mol. The van der Waals surface area contributed by atoms with Crippen LogP contribution in [-0.4, -0.2) is 30.3 Å². The van der Waals surface area contributed by atoms with Crippen LogP contribution in [0.2, 0.25) is 0 Å². The van der Waals surface area contributed by atoms with Gasteiger partial charge in [-0.15, -0.1) is 12.4 Å². The molecular weight excluding hydrogens is 360 g/mol. The molecule has 4 rings (SSSR count). The topological polar surface area (TPSA) is 48.5 Å². The Kier molecular flexibility index (Phi) is 5.56. The Labute approximate surface area is 166 Å². The summed E-state index contributed by atoms with van der Waals surface area (Å²) >= 11 is 0. The quantitative estimate of drug-likeness (QED) is 0.617. The van der Waals surface area contributed by atoms with E-state index in [4.69, 9.17) is 4.74 Å². The third kappa shape index (κ3) is 3.46. The summed E-state index contributed by atoms with van der Waals surface area (Å²) in [7, 11) is 1.69. The van der Waals surface area contributed by atoms with E-state index < -0.39 is 0 Å². The standard InChI is InChI=1S/C22H26N2O2.ClH/c1-14-11-16(12-20(22(14)25)24-9-5-4-6-10-24)21-15(2)18-13-17(26-3)7-8-19(18)23-21;/h7-8,11-13,23,25H,4-6,9-10H2,1-3H3;1H. The van der Waals surface area contributed by atoms with Crippen LogP contribution in [0.15, 0.2) is 30.3 Å². The van der Waals surface area contributed by atoms with Crippen molar-refractivity contribution in [3.63, 3.8) is 0 Å². The van der Waals surface area contributed by atoms with Gasteiger partial charge in [0.15, 0.2) is 0 Å². The van der Waals surface area contributed by atoms with E-state index in [0.29, 0.717) is 5.75 Å². The molecule has 0 saturated carbocycles. The van der Waals surface area contributed by atoms with E-state index >= 15 is 0 Å². The number of hydrogen-bond donors (Lipinski definition) is 2. The normalized spacial score (nSPS) is 14.3. The lowest BCUT2D eigenvalue weighted by molar-refractivity contribution is 0.415. The van der Waals surface area contributed by atoms with E-state index in [1.165, 1.54) is 30.2 Å². The smallest absolute Gasteiger partial charge is 0.141 e. The number of aromatic hydroxyl groups is 1. The SMILES string of the molecule is COc1ccc2[nH]c(-c3cc(C)c(O)c(N4CCCCC4)c3)c(C)c2c1.Cl. The number of aromatic nitrogens is 1. The zero-order chi connectivity index (χ0) is 18.3. The predicted molar refractivity (Wildman–Crippen MR) is 115 cm³/mol. The number of fused-ring (bicyclic) bond motifs is 1. The van der Waals surface area contributed by atoms with Crippen molar-refractivity contribution in [3.05, 3.63) is 41.5 Å². The number of nitrogens with zero attached hydrogens (tertiary/aromatic N) is 1. The number of halogens is 1. The fourth-order valence-electron chi connectivity index (χ4n) is 4.00. The van der Waals surface area contributed by atoms with Gasteiger partial charge < -0.3 is 19.7 Å². The lowest BCUT2D eigenvalue weighted by atomic mass is 10.0. The fraction of sp³-hybridized carbons (Fsp3) is 0.364. The lowest BCUT2D eigenvalue weighted by Crippen LogP contribution is -2.29. The molecule has 0 bridgehead atoms. The number of methoxy groups -OCH3 is 1. The van der Waals surface area contributed by atoms with E-state index in [9.17, 15) is 5.11 Å². The zero-order valence-electron chi connectivity index (χ0n) is 16.1. The van der Waals surface area contributed by atoms with Crippen molar-refractivity contribution in [2.45, 2.75) is 33.1 Å². The molecule has 0 aliphatic carbocycles. The molecule has 0 amide bonds. The number of phenols is 1. The second-order valence-electron chi connectivity index (χ2n) is 7.25. The third-order valence-corrected chi connectivity index (χ3v) is 5.53. The van der Waals surface area contributed by atoms with Crippen LogP contribution in [0.5, 0.6) is 11.5 Å². The molecule has 5 heteroatoms.